The number of ether oxygens (including phenoxy) is 1. The highest BCUT2D eigenvalue weighted by atomic mass is 79.9. The molecule has 2 aromatic rings. The fourth-order valence-electron chi connectivity index (χ4n) is 1.38. The molecule has 0 fully saturated rings. The highest BCUT2D eigenvalue weighted by molar-refractivity contribution is 9.10. The van der Waals surface area contributed by atoms with Crippen molar-refractivity contribution in [2.45, 2.75) is 13.5 Å². The topological polar surface area (TPSA) is 71.5 Å². The van der Waals surface area contributed by atoms with Crippen LogP contribution < -0.4 is 10.1 Å². The maximum absolute atomic E-state index is 11.7. The summed E-state index contributed by atoms with van der Waals surface area (Å²) in [5, 5.41) is 13.4. The number of aliphatic hydroxyl groups excluding tert-OH is 1. The average molecular weight is 343 g/mol. The molecule has 0 aliphatic carbocycles. The maximum Gasteiger partial charge on any atom is 0.418 e. The summed E-state index contributed by atoms with van der Waals surface area (Å²) in [6.07, 6.45) is -0.607. The number of hydrogen-bond acceptors (Lipinski definition) is 5. The number of nitrogens with zero attached hydrogens (tertiary/aromatic N) is 1. The van der Waals surface area contributed by atoms with Gasteiger partial charge >= 0.3 is 6.09 Å². The zero-order chi connectivity index (χ0) is 13.8. The first-order valence-corrected chi connectivity index (χ1v) is 7.06. The molecule has 0 aliphatic rings. The van der Waals surface area contributed by atoms with Crippen LogP contribution in [0, 0.1) is 6.92 Å². The van der Waals surface area contributed by atoms with Crippen molar-refractivity contribution >= 4 is 38.5 Å². The van der Waals surface area contributed by atoms with Gasteiger partial charge in [0.25, 0.3) is 0 Å². The lowest BCUT2D eigenvalue weighted by atomic mass is 10.2. The fourth-order valence-corrected chi connectivity index (χ4v) is 2.54. The summed E-state index contributed by atoms with van der Waals surface area (Å²) < 4.78 is 6.10. The summed E-state index contributed by atoms with van der Waals surface area (Å²) in [4.78, 5) is 15.7. The molecule has 0 radical (unpaired) electrons. The number of halogens is 1. The average Bonchev–Trinajstić information content (AvgIpc) is 2.80. The molecule has 2 rings (SSSR count). The van der Waals surface area contributed by atoms with Gasteiger partial charge in [-0.15, -0.1) is 11.3 Å². The van der Waals surface area contributed by atoms with Gasteiger partial charge in [0.05, 0.1) is 12.3 Å². The van der Waals surface area contributed by atoms with Gasteiger partial charge in [-0.2, -0.15) is 0 Å². The number of thiazole rings is 1. The van der Waals surface area contributed by atoms with Crippen molar-refractivity contribution < 1.29 is 14.6 Å². The predicted octanol–water partition coefficient (Wildman–Crippen LogP) is 3.32. The molecule has 1 aromatic heterocycles. The van der Waals surface area contributed by atoms with E-state index in [1.165, 1.54) is 11.3 Å². The quantitative estimate of drug-likeness (QED) is 0.897. The number of aliphatic hydroxyl groups is 1. The Morgan fingerprint density at radius 2 is 2.37 bits per heavy atom. The van der Waals surface area contributed by atoms with Crippen LogP contribution in [0.15, 0.2) is 28.1 Å². The first kappa shape index (κ1) is 14.0. The molecule has 0 saturated carbocycles. The van der Waals surface area contributed by atoms with Crippen LogP contribution in [0.2, 0.25) is 0 Å². The minimum atomic E-state index is -0.607. The van der Waals surface area contributed by atoms with Crippen LogP contribution in [0.1, 0.15) is 11.3 Å². The lowest BCUT2D eigenvalue weighted by Gasteiger charge is -2.07. The second-order valence-corrected chi connectivity index (χ2v) is 5.50. The number of carbonyl (C=O) groups is 1. The van der Waals surface area contributed by atoms with Crippen LogP contribution in [-0.2, 0) is 6.61 Å². The third-order valence-electron chi connectivity index (χ3n) is 2.26. The van der Waals surface area contributed by atoms with E-state index in [9.17, 15) is 4.79 Å². The molecule has 19 heavy (non-hydrogen) atoms. The van der Waals surface area contributed by atoms with Crippen molar-refractivity contribution in [2.75, 3.05) is 5.32 Å². The van der Waals surface area contributed by atoms with Crippen molar-refractivity contribution in [3.63, 3.8) is 0 Å². The van der Waals surface area contributed by atoms with Gasteiger partial charge in [-0.1, -0.05) is 15.9 Å². The van der Waals surface area contributed by atoms with E-state index in [0.29, 0.717) is 16.6 Å². The van der Waals surface area contributed by atoms with Crippen LogP contribution in [0.5, 0.6) is 5.75 Å². The van der Waals surface area contributed by atoms with Crippen molar-refractivity contribution in [3.8, 4) is 5.75 Å². The third kappa shape index (κ3) is 3.76. The third-order valence-corrected chi connectivity index (χ3v) is 3.56. The normalized spacial score (nSPS) is 10.3. The number of aromatic nitrogens is 1. The lowest BCUT2D eigenvalue weighted by Crippen LogP contribution is -2.17. The molecule has 0 saturated heterocycles. The van der Waals surface area contributed by atoms with Gasteiger partial charge in [0.2, 0.25) is 0 Å². The van der Waals surface area contributed by atoms with Crippen molar-refractivity contribution in [3.05, 3.63) is 39.3 Å². The Morgan fingerprint density at radius 3 is 3.00 bits per heavy atom. The van der Waals surface area contributed by atoms with Gasteiger partial charge in [0.1, 0.15) is 5.75 Å². The summed E-state index contributed by atoms with van der Waals surface area (Å²) >= 11 is 4.57. The first-order valence-electron chi connectivity index (χ1n) is 5.38. The summed E-state index contributed by atoms with van der Waals surface area (Å²) in [7, 11) is 0. The number of hydrogen-bond donors (Lipinski definition) is 2. The highest BCUT2D eigenvalue weighted by Gasteiger charge is 2.10. The van der Waals surface area contributed by atoms with Crippen LogP contribution in [0.25, 0.3) is 0 Å². The fraction of sp³-hybridized carbons (Fsp3) is 0.167. The Bertz CT molecular complexity index is 600. The largest absolute Gasteiger partial charge is 0.418 e. The molecular formula is C12H11BrN2O3S. The molecule has 1 aromatic carbocycles. The molecule has 0 unspecified atom stereocenters. The molecule has 1 heterocycles. The number of amides is 1. The molecular weight excluding hydrogens is 332 g/mol. The summed E-state index contributed by atoms with van der Waals surface area (Å²) in [6.45, 7) is 1.69. The van der Waals surface area contributed by atoms with Crippen molar-refractivity contribution in [1.29, 1.82) is 0 Å². The van der Waals surface area contributed by atoms with E-state index in [0.717, 1.165) is 10.0 Å². The minimum Gasteiger partial charge on any atom is -0.410 e. The Labute approximate surface area is 122 Å². The SMILES string of the molecule is Cc1cc(Br)ccc1OC(=O)Nc1nc(CO)cs1. The van der Waals surface area contributed by atoms with Gasteiger partial charge in [0.15, 0.2) is 5.13 Å². The number of anilines is 1. The monoisotopic (exact) mass is 342 g/mol. The number of aryl methyl sites for hydroxylation is 1. The number of carbonyl (C=O) groups excluding carboxylic acids is 1. The molecule has 0 bridgehead atoms. The van der Waals surface area contributed by atoms with E-state index in [2.05, 4.69) is 26.2 Å². The minimum absolute atomic E-state index is 0.154. The van der Waals surface area contributed by atoms with E-state index >= 15 is 0 Å². The second kappa shape index (κ2) is 6.14. The maximum atomic E-state index is 11.7. The van der Waals surface area contributed by atoms with Gasteiger partial charge in [-0.05, 0) is 30.7 Å². The summed E-state index contributed by atoms with van der Waals surface area (Å²) in [5.74, 6) is 0.486. The molecule has 0 aliphatic heterocycles. The van der Waals surface area contributed by atoms with E-state index in [4.69, 9.17) is 9.84 Å². The standard InChI is InChI=1S/C12H11BrN2O3S/c1-7-4-8(13)2-3-10(7)18-12(17)15-11-14-9(5-16)6-19-11/h2-4,6,16H,5H2,1H3,(H,14,15,17). The van der Waals surface area contributed by atoms with Crippen LogP contribution in [0.3, 0.4) is 0 Å². The van der Waals surface area contributed by atoms with Gasteiger partial charge in [0, 0.05) is 9.85 Å². The Hall–Kier alpha value is -1.44. The van der Waals surface area contributed by atoms with Gasteiger partial charge < -0.3 is 9.84 Å². The predicted molar refractivity (Wildman–Crippen MR) is 76.6 cm³/mol. The second-order valence-electron chi connectivity index (χ2n) is 3.73. The lowest BCUT2D eigenvalue weighted by molar-refractivity contribution is 0.215. The van der Waals surface area contributed by atoms with E-state index < -0.39 is 6.09 Å². The van der Waals surface area contributed by atoms with Crippen molar-refractivity contribution in [1.82, 2.24) is 4.98 Å². The molecule has 0 spiro atoms. The summed E-state index contributed by atoms with van der Waals surface area (Å²) in [5.41, 5.74) is 1.36. The highest BCUT2D eigenvalue weighted by Crippen LogP contribution is 2.23. The summed E-state index contributed by atoms with van der Waals surface area (Å²) in [6, 6.07) is 5.36. The zero-order valence-corrected chi connectivity index (χ0v) is 12.4. The van der Waals surface area contributed by atoms with Crippen LogP contribution in [0.4, 0.5) is 9.93 Å². The molecule has 2 N–H and O–H groups in total. The molecule has 1 amide bonds. The first-order chi connectivity index (χ1) is 9.08. The molecule has 100 valence electrons. The smallest absolute Gasteiger partial charge is 0.410 e. The van der Waals surface area contributed by atoms with Crippen LogP contribution >= 0.6 is 27.3 Å². The van der Waals surface area contributed by atoms with Crippen molar-refractivity contribution in [2.24, 2.45) is 0 Å². The van der Waals surface area contributed by atoms with Gasteiger partial charge in [-0.25, -0.2) is 9.78 Å². The Morgan fingerprint density at radius 1 is 1.58 bits per heavy atom. The molecule has 7 heteroatoms. The Kier molecular flexibility index (Phi) is 4.52. The number of rotatable bonds is 3. The Balaban J connectivity index is 2.01. The molecule has 5 nitrogen and oxygen atoms in total. The van der Waals surface area contributed by atoms with E-state index in [1.54, 1.807) is 17.5 Å². The van der Waals surface area contributed by atoms with E-state index in [-0.39, 0.29) is 6.61 Å². The van der Waals surface area contributed by atoms with E-state index in [1.807, 2.05) is 13.0 Å². The molecule has 0 atom stereocenters. The van der Waals surface area contributed by atoms with Crippen LogP contribution in [-0.4, -0.2) is 16.2 Å². The zero-order valence-electron chi connectivity index (χ0n) is 10.0. The number of benzene rings is 1. The number of nitrogens with one attached hydrogen (secondary N) is 1. The van der Waals surface area contributed by atoms with Gasteiger partial charge in [-0.3, -0.25) is 5.32 Å².